The number of carboxylic acid groups (broad SMARTS) is 1. The van der Waals surface area contributed by atoms with Crippen LogP contribution in [0.15, 0.2) is 0 Å². The molecule has 0 saturated heterocycles. The average molecular weight is 230 g/mol. The SMILES string of the molecule is CC(C)CN(CC(=O)O)C(=O)CCCCN. The van der Waals surface area contributed by atoms with E-state index in [1.807, 2.05) is 13.8 Å². The van der Waals surface area contributed by atoms with Gasteiger partial charge in [0, 0.05) is 13.0 Å². The molecular formula is C11H22N2O3. The van der Waals surface area contributed by atoms with Crippen LogP contribution in [-0.2, 0) is 9.59 Å². The Morgan fingerprint density at radius 2 is 1.94 bits per heavy atom. The average Bonchev–Trinajstić information content (AvgIpc) is 2.15. The van der Waals surface area contributed by atoms with Crippen molar-refractivity contribution in [1.29, 1.82) is 0 Å². The summed E-state index contributed by atoms with van der Waals surface area (Å²) in [5, 5.41) is 8.70. The minimum atomic E-state index is -0.965. The van der Waals surface area contributed by atoms with Gasteiger partial charge in [-0.05, 0) is 25.3 Å². The number of nitrogens with two attached hydrogens (primary N) is 1. The van der Waals surface area contributed by atoms with Crippen LogP contribution in [0.4, 0.5) is 0 Å². The molecule has 0 spiro atoms. The van der Waals surface area contributed by atoms with Crippen molar-refractivity contribution in [2.75, 3.05) is 19.6 Å². The number of hydrogen-bond donors (Lipinski definition) is 2. The highest BCUT2D eigenvalue weighted by molar-refractivity contribution is 5.81. The summed E-state index contributed by atoms with van der Waals surface area (Å²) in [6.45, 7) is 4.77. The molecule has 0 aromatic rings. The third-order valence-corrected chi connectivity index (χ3v) is 2.11. The third kappa shape index (κ3) is 7.23. The zero-order chi connectivity index (χ0) is 12.6. The second kappa shape index (κ2) is 8.10. The Morgan fingerprint density at radius 3 is 2.38 bits per heavy atom. The van der Waals surface area contributed by atoms with E-state index >= 15 is 0 Å². The van der Waals surface area contributed by atoms with Gasteiger partial charge in [-0.2, -0.15) is 0 Å². The van der Waals surface area contributed by atoms with Gasteiger partial charge in [-0.3, -0.25) is 9.59 Å². The van der Waals surface area contributed by atoms with E-state index in [0.717, 1.165) is 12.8 Å². The first kappa shape index (κ1) is 14.9. The van der Waals surface area contributed by atoms with Crippen LogP contribution < -0.4 is 5.73 Å². The Bertz CT molecular complexity index is 229. The highest BCUT2D eigenvalue weighted by Gasteiger charge is 2.17. The lowest BCUT2D eigenvalue weighted by molar-refractivity contribution is -0.144. The number of aliphatic carboxylic acids is 1. The van der Waals surface area contributed by atoms with E-state index in [0.29, 0.717) is 19.5 Å². The Kier molecular flexibility index (Phi) is 7.54. The fourth-order valence-corrected chi connectivity index (χ4v) is 1.44. The lowest BCUT2D eigenvalue weighted by atomic mass is 10.1. The number of carbonyl (C=O) groups excluding carboxylic acids is 1. The van der Waals surface area contributed by atoms with Crippen molar-refractivity contribution in [3.63, 3.8) is 0 Å². The molecule has 94 valence electrons. The first-order chi connectivity index (χ1) is 7.47. The molecule has 5 heteroatoms. The maximum Gasteiger partial charge on any atom is 0.323 e. The van der Waals surface area contributed by atoms with Gasteiger partial charge in [0.25, 0.3) is 0 Å². The normalized spacial score (nSPS) is 10.5. The van der Waals surface area contributed by atoms with Crippen molar-refractivity contribution in [1.82, 2.24) is 4.90 Å². The molecule has 0 aliphatic carbocycles. The number of carboxylic acids is 1. The molecule has 0 fully saturated rings. The molecule has 0 bridgehead atoms. The molecule has 5 nitrogen and oxygen atoms in total. The fraction of sp³-hybridized carbons (Fsp3) is 0.818. The number of hydrogen-bond acceptors (Lipinski definition) is 3. The van der Waals surface area contributed by atoms with Crippen molar-refractivity contribution < 1.29 is 14.7 Å². The largest absolute Gasteiger partial charge is 0.480 e. The Hall–Kier alpha value is -1.10. The van der Waals surface area contributed by atoms with E-state index in [1.54, 1.807) is 0 Å². The number of amides is 1. The van der Waals surface area contributed by atoms with Gasteiger partial charge in [0.2, 0.25) is 5.91 Å². The van der Waals surface area contributed by atoms with Crippen LogP contribution in [0.5, 0.6) is 0 Å². The first-order valence-corrected chi connectivity index (χ1v) is 5.67. The van der Waals surface area contributed by atoms with Gasteiger partial charge in [0.05, 0.1) is 0 Å². The smallest absolute Gasteiger partial charge is 0.323 e. The molecule has 0 rings (SSSR count). The van der Waals surface area contributed by atoms with Gasteiger partial charge in [-0.1, -0.05) is 13.8 Å². The number of rotatable bonds is 8. The van der Waals surface area contributed by atoms with Crippen LogP contribution in [0.25, 0.3) is 0 Å². The zero-order valence-corrected chi connectivity index (χ0v) is 10.1. The summed E-state index contributed by atoms with van der Waals surface area (Å²) < 4.78 is 0. The van der Waals surface area contributed by atoms with Gasteiger partial charge in [-0.15, -0.1) is 0 Å². The van der Waals surface area contributed by atoms with Gasteiger partial charge < -0.3 is 15.7 Å². The van der Waals surface area contributed by atoms with E-state index < -0.39 is 5.97 Å². The Morgan fingerprint density at radius 1 is 1.31 bits per heavy atom. The molecule has 0 aromatic heterocycles. The van der Waals surface area contributed by atoms with Crippen LogP contribution >= 0.6 is 0 Å². The van der Waals surface area contributed by atoms with E-state index in [9.17, 15) is 9.59 Å². The minimum absolute atomic E-state index is 0.0930. The summed E-state index contributed by atoms with van der Waals surface area (Å²) in [5.41, 5.74) is 5.33. The zero-order valence-electron chi connectivity index (χ0n) is 10.1. The topological polar surface area (TPSA) is 83.6 Å². The Balaban J connectivity index is 4.15. The molecule has 0 radical (unpaired) electrons. The highest BCUT2D eigenvalue weighted by Crippen LogP contribution is 2.04. The number of unbranched alkanes of at least 4 members (excludes halogenated alkanes) is 1. The summed E-state index contributed by atoms with van der Waals surface area (Å²) in [7, 11) is 0. The van der Waals surface area contributed by atoms with Gasteiger partial charge >= 0.3 is 5.97 Å². The van der Waals surface area contributed by atoms with Crippen molar-refractivity contribution in [3.05, 3.63) is 0 Å². The van der Waals surface area contributed by atoms with Crippen LogP contribution in [0, 0.1) is 5.92 Å². The summed E-state index contributed by atoms with van der Waals surface area (Å²) in [6, 6.07) is 0. The fourth-order valence-electron chi connectivity index (χ4n) is 1.44. The van der Waals surface area contributed by atoms with Crippen LogP contribution in [0.2, 0.25) is 0 Å². The number of carbonyl (C=O) groups is 2. The minimum Gasteiger partial charge on any atom is -0.480 e. The van der Waals surface area contributed by atoms with E-state index in [1.165, 1.54) is 4.90 Å². The third-order valence-electron chi connectivity index (χ3n) is 2.11. The predicted molar refractivity (Wildman–Crippen MR) is 62.0 cm³/mol. The lowest BCUT2D eigenvalue weighted by Crippen LogP contribution is -2.38. The van der Waals surface area contributed by atoms with E-state index in [-0.39, 0.29) is 18.4 Å². The summed E-state index contributed by atoms with van der Waals surface area (Å²) in [5.74, 6) is -0.782. The van der Waals surface area contributed by atoms with E-state index in [2.05, 4.69) is 0 Å². The molecule has 0 aliphatic heterocycles. The van der Waals surface area contributed by atoms with Gasteiger partial charge in [0.1, 0.15) is 6.54 Å². The molecule has 0 heterocycles. The Labute approximate surface area is 96.6 Å². The second-order valence-corrected chi connectivity index (χ2v) is 4.31. The van der Waals surface area contributed by atoms with Crippen molar-refractivity contribution in [3.8, 4) is 0 Å². The highest BCUT2D eigenvalue weighted by atomic mass is 16.4. The van der Waals surface area contributed by atoms with Crippen molar-refractivity contribution in [2.24, 2.45) is 11.7 Å². The van der Waals surface area contributed by atoms with Crippen LogP contribution in [0.3, 0.4) is 0 Å². The number of nitrogens with zero attached hydrogens (tertiary/aromatic N) is 1. The molecule has 0 saturated carbocycles. The van der Waals surface area contributed by atoms with Gasteiger partial charge in [0.15, 0.2) is 0 Å². The van der Waals surface area contributed by atoms with Crippen LogP contribution in [-0.4, -0.2) is 41.5 Å². The monoisotopic (exact) mass is 230 g/mol. The van der Waals surface area contributed by atoms with Crippen LogP contribution in [0.1, 0.15) is 33.1 Å². The maximum absolute atomic E-state index is 11.7. The molecule has 0 unspecified atom stereocenters. The standard InChI is InChI=1S/C11H22N2O3/c1-9(2)7-13(8-11(15)16)10(14)5-3-4-6-12/h9H,3-8,12H2,1-2H3,(H,15,16). The summed E-state index contributed by atoms with van der Waals surface area (Å²) in [6.07, 6.45) is 1.91. The summed E-state index contributed by atoms with van der Waals surface area (Å²) >= 11 is 0. The van der Waals surface area contributed by atoms with E-state index in [4.69, 9.17) is 10.8 Å². The van der Waals surface area contributed by atoms with Crippen molar-refractivity contribution in [2.45, 2.75) is 33.1 Å². The molecular weight excluding hydrogens is 208 g/mol. The molecule has 16 heavy (non-hydrogen) atoms. The second-order valence-electron chi connectivity index (χ2n) is 4.31. The molecule has 3 N–H and O–H groups in total. The quantitative estimate of drug-likeness (QED) is 0.601. The molecule has 0 atom stereocenters. The first-order valence-electron chi connectivity index (χ1n) is 5.67. The summed E-state index contributed by atoms with van der Waals surface area (Å²) in [4.78, 5) is 23.7. The predicted octanol–water partition coefficient (Wildman–Crippen LogP) is 0.685. The maximum atomic E-state index is 11.7. The molecule has 0 aromatic carbocycles. The molecule has 1 amide bonds. The van der Waals surface area contributed by atoms with Crippen molar-refractivity contribution >= 4 is 11.9 Å². The molecule has 0 aliphatic rings. The lowest BCUT2D eigenvalue weighted by Gasteiger charge is -2.22. The van der Waals surface area contributed by atoms with Gasteiger partial charge in [-0.25, -0.2) is 0 Å².